The van der Waals surface area contributed by atoms with E-state index in [9.17, 15) is 0 Å². The Labute approximate surface area is 127 Å². The number of furan rings is 1. The highest BCUT2D eigenvalue weighted by molar-refractivity contribution is 5.57. The molecule has 1 aromatic heterocycles. The Hall–Kier alpha value is -1.74. The largest absolute Gasteiger partial charge is 0.464 e. The summed E-state index contributed by atoms with van der Waals surface area (Å²) in [5.41, 5.74) is 4.07. The summed E-state index contributed by atoms with van der Waals surface area (Å²) in [7, 11) is 0. The van der Waals surface area contributed by atoms with Crippen molar-refractivity contribution in [3.8, 4) is 0 Å². The zero-order valence-corrected chi connectivity index (χ0v) is 13.1. The zero-order valence-electron chi connectivity index (χ0n) is 13.1. The van der Waals surface area contributed by atoms with Gasteiger partial charge in [0.1, 0.15) is 11.5 Å². The lowest BCUT2D eigenvalue weighted by Crippen LogP contribution is -2.22. The van der Waals surface area contributed by atoms with Crippen LogP contribution in [0.1, 0.15) is 36.5 Å². The Kier molecular flexibility index (Phi) is 4.02. The van der Waals surface area contributed by atoms with E-state index in [1.165, 1.54) is 16.8 Å². The standard InChI is InChI=1S/C18H24N2O/c1-13(2)19-11-16-10-17(21-14(16)3)12-20-9-8-15-6-4-5-7-18(15)20/h4-7,10,13,19H,8-9,11-12H2,1-3H3. The van der Waals surface area contributed by atoms with Gasteiger partial charge < -0.3 is 14.6 Å². The third-order valence-corrected chi connectivity index (χ3v) is 4.10. The monoisotopic (exact) mass is 284 g/mol. The van der Waals surface area contributed by atoms with Gasteiger partial charge in [0, 0.05) is 30.4 Å². The molecule has 1 aromatic carbocycles. The molecule has 3 rings (SSSR count). The summed E-state index contributed by atoms with van der Waals surface area (Å²) in [6.45, 7) is 9.20. The maximum absolute atomic E-state index is 5.94. The van der Waals surface area contributed by atoms with E-state index in [4.69, 9.17) is 4.42 Å². The van der Waals surface area contributed by atoms with Crippen molar-refractivity contribution >= 4 is 5.69 Å². The van der Waals surface area contributed by atoms with Crippen LogP contribution in [0.5, 0.6) is 0 Å². The molecule has 3 nitrogen and oxygen atoms in total. The van der Waals surface area contributed by atoms with Gasteiger partial charge in [-0.3, -0.25) is 0 Å². The molecule has 112 valence electrons. The Balaban J connectivity index is 1.70. The van der Waals surface area contributed by atoms with Gasteiger partial charge in [-0.15, -0.1) is 0 Å². The van der Waals surface area contributed by atoms with Crippen LogP contribution in [-0.4, -0.2) is 12.6 Å². The predicted molar refractivity (Wildman–Crippen MR) is 86.6 cm³/mol. The van der Waals surface area contributed by atoms with Crippen LogP contribution in [-0.2, 0) is 19.5 Å². The van der Waals surface area contributed by atoms with E-state index in [1.807, 2.05) is 0 Å². The number of nitrogens with zero attached hydrogens (tertiary/aromatic N) is 1. The van der Waals surface area contributed by atoms with Crippen molar-refractivity contribution in [2.45, 2.75) is 46.3 Å². The molecular weight excluding hydrogens is 260 g/mol. The maximum Gasteiger partial charge on any atom is 0.123 e. The lowest BCUT2D eigenvalue weighted by molar-refractivity contribution is 0.474. The first-order chi connectivity index (χ1) is 10.1. The predicted octanol–water partition coefficient (Wildman–Crippen LogP) is 3.65. The van der Waals surface area contributed by atoms with Gasteiger partial charge in [0.2, 0.25) is 0 Å². The average Bonchev–Trinajstić information content (AvgIpc) is 3.01. The molecule has 0 bridgehead atoms. The fraction of sp³-hybridized carbons (Fsp3) is 0.444. The maximum atomic E-state index is 5.94. The lowest BCUT2D eigenvalue weighted by Gasteiger charge is -2.17. The molecule has 2 heterocycles. The second-order valence-corrected chi connectivity index (χ2v) is 6.13. The van der Waals surface area contributed by atoms with Crippen LogP contribution in [0.4, 0.5) is 5.69 Å². The molecule has 0 atom stereocenters. The number of aryl methyl sites for hydroxylation is 1. The molecule has 2 aromatic rings. The average molecular weight is 284 g/mol. The molecule has 0 unspecified atom stereocenters. The highest BCUT2D eigenvalue weighted by atomic mass is 16.3. The summed E-state index contributed by atoms with van der Waals surface area (Å²) in [6, 6.07) is 11.4. The van der Waals surface area contributed by atoms with Crippen molar-refractivity contribution in [3.05, 3.63) is 53.0 Å². The summed E-state index contributed by atoms with van der Waals surface area (Å²) >= 11 is 0. The summed E-state index contributed by atoms with van der Waals surface area (Å²) in [4.78, 5) is 2.41. The number of rotatable bonds is 5. The topological polar surface area (TPSA) is 28.4 Å². The lowest BCUT2D eigenvalue weighted by atomic mass is 10.2. The van der Waals surface area contributed by atoms with Crippen LogP contribution in [0.15, 0.2) is 34.7 Å². The van der Waals surface area contributed by atoms with Crippen LogP contribution in [0.25, 0.3) is 0 Å². The van der Waals surface area contributed by atoms with E-state index in [0.717, 1.165) is 37.6 Å². The highest BCUT2D eigenvalue weighted by Crippen LogP contribution is 2.29. The number of fused-ring (bicyclic) bond motifs is 1. The van der Waals surface area contributed by atoms with E-state index < -0.39 is 0 Å². The Morgan fingerprint density at radius 1 is 1.29 bits per heavy atom. The first-order valence-corrected chi connectivity index (χ1v) is 7.78. The first kappa shape index (κ1) is 14.2. The number of benzene rings is 1. The molecule has 0 saturated carbocycles. The number of nitrogens with one attached hydrogen (secondary N) is 1. The van der Waals surface area contributed by atoms with Gasteiger partial charge in [-0.1, -0.05) is 32.0 Å². The number of hydrogen-bond donors (Lipinski definition) is 1. The molecule has 1 N–H and O–H groups in total. The van der Waals surface area contributed by atoms with Gasteiger partial charge >= 0.3 is 0 Å². The quantitative estimate of drug-likeness (QED) is 0.908. The van der Waals surface area contributed by atoms with Gasteiger partial charge in [-0.2, -0.15) is 0 Å². The number of hydrogen-bond acceptors (Lipinski definition) is 3. The molecule has 3 heteroatoms. The molecule has 0 saturated heterocycles. The summed E-state index contributed by atoms with van der Waals surface area (Å²) in [5.74, 6) is 2.09. The molecule has 0 fully saturated rings. The minimum Gasteiger partial charge on any atom is -0.464 e. The molecule has 0 spiro atoms. The van der Waals surface area contributed by atoms with Gasteiger partial charge in [-0.05, 0) is 31.0 Å². The third-order valence-electron chi connectivity index (χ3n) is 4.10. The minimum atomic E-state index is 0.494. The normalized spacial score (nSPS) is 14.0. The molecule has 1 aliphatic heterocycles. The second kappa shape index (κ2) is 5.94. The minimum absolute atomic E-state index is 0.494. The van der Waals surface area contributed by atoms with Crippen molar-refractivity contribution < 1.29 is 4.42 Å². The molecule has 1 aliphatic rings. The van der Waals surface area contributed by atoms with Crippen LogP contribution < -0.4 is 10.2 Å². The van der Waals surface area contributed by atoms with Gasteiger partial charge in [0.05, 0.1) is 6.54 Å². The van der Waals surface area contributed by atoms with Crippen molar-refractivity contribution in [1.29, 1.82) is 0 Å². The Bertz CT molecular complexity index is 615. The second-order valence-electron chi connectivity index (χ2n) is 6.13. The molecule has 0 amide bonds. The van der Waals surface area contributed by atoms with Crippen molar-refractivity contribution in [3.63, 3.8) is 0 Å². The van der Waals surface area contributed by atoms with E-state index in [0.29, 0.717) is 6.04 Å². The van der Waals surface area contributed by atoms with Crippen molar-refractivity contribution in [1.82, 2.24) is 5.32 Å². The third kappa shape index (κ3) is 3.13. The van der Waals surface area contributed by atoms with Crippen LogP contribution in [0.3, 0.4) is 0 Å². The first-order valence-electron chi connectivity index (χ1n) is 7.78. The fourth-order valence-electron chi connectivity index (χ4n) is 2.91. The van der Waals surface area contributed by atoms with Gasteiger partial charge in [-0.25, -0.2) is 0 Å². The van der Waals surface area contributed by atoms with Crippen LogP contribution in [0.2, 0.25) is 0 Å². The highest BCUT2D eigenvalue weighted by Gasteiger charge is 2.20. The van der Waals surface area contributed by atoms with Gasteiger partial charge in [0.25, 0.3) is 0 Å². The molecular formula is C18H24N2O. The zero-order chi connectivity index (χ0) is 14.8. The Morgan fingerprint density at radius 3 is 2.90 bits per heavy atom. The summed E-state index contributed by atoms with van der Waals surface area (Å²) in [6.07, 6.45) is 1.14. The molecule has 21 heavy (non-hydrogen) atoms. The van der Waals surface area contributed by atoms with E-state index >= 15 is 0 Å². The summed E-state index contributed by atoms with van der Waals surface area (Å²) < 4.78 is 5.94. The SMILES string of the molecule is Cc1oc(CN2CCc3ccccc32)cc1CNC(C)C. The van der Waals surface area contributed by atoms with E-state index in [-0.39, 0.29) is 0 Å². The van der Waals surface area contributed by atoms with E-state index in [2.05, 4.69) is 61.3 Å². The molecule has 0 aliphatic carbocycles. The number of para-hydroxylation sites is 1. The van der Waals surface area contributed by atoms with E-state index in [1.54, 1.807) is 0 Å². The van der Waals surface area contributed by atoms with Crippen molar-refractivity contribution in [2.75, 3.05) is 11.4 Å². The van der Waals surface area contributed by atoms with Gasteiger partial charge in [0.15, 0.2) is 0 Å². The van der Waals surface area contributed by atoms with Crippen molar-refractivity contribution in [2.24, 2.45) is 0 Å². The smallest absolute Gasteiger partial charge is 0.123 e. The molecule has 0 radical (unpaired) electrons. The Morgan fingerprint density at radius 2 is 2.10 bits per heavy atom. The fourth-order valence-corrected chi connectivity index (χ4v) is 2.91. The van der Waals surface area contributed by atoms with Crippen LogP contribution in [0, 0.1) is 6.92 Å². The number of anilines is 1. The summed E-state index contributed by atoms with van der Waals surface area (Å²) in [5, 5.41) is 3.45. The van der Waals surface area contributed by atoms with Crippen LogP contribution >= 0.6 is 0 Å².